The first-order chi connectivity index (χ1) is 13.4. The molecule has 0 atom stereocenters. The van der Waals surface area contributed by atoms with Crippen molar-refractivity contribution in [1.82, 2.24) is 9.97 Å². The Bertz CT molecular complexity index is 1030. The van der Waals surface area contributed by atoms with E-state index in [2.05, 4.69) is 20.6 Å². The fourth-order valence-corrected chi connectivity index (χ4v) is 3.03. The number of benzene rings is 1. The summed E-state index contributed by atoms with van der Waals surface area (Å²) in [6, 6.07) is 11.5. The van der Waals surface area contributed by atoms with Crippen molar-refractivity contribution in [3.63, 3.8) is 0 Å². The summed E-state index contributed by atoms with van der Waals surface area (Å²) >= 11 is 1.32. The van der Waals surface area contributed by atoms with Gasteiger partial charge in [-0.05, 0) is 24.3 Å². The van der Waals surface area contributed by atoms with E-state index in [4.69, 9.17) is 4.42 Å². The van der Waals surface area contributed by atoms with Gasteiger partial charge < -0.3 is 15.1 Å². The largest absolute Gasteiger partial charge is 0.459 e. The first-order valence-electron chi connectivity index (χ1n) is 8.46. The van der Waals surface area contributed by atoms with Gasteiger partial charge in [0, 0.05) is 10.8 Å². The maximum absolute atomic E-state index is 12.6. The minimum Gasteiger partial charge on any atom is -0.459 e. The molecule has 0 aliphatic carbocycles. The molecule has 0 aliphatic heterocycles. The van der Waals surface area contributed by atoms with Gasteiger partial charge in [-0.2, -0.15) is 0 Å². The number of hydrogen-bond donors (Lipinski definition) is 3. The maximum atomic E-state index is 12.6. The molecule has 28 heavy (non-hydrogen) atoms. The van der Waals surface area contributed by atoms with E-state index in [1.165, 1.54) is 24.1 Å². The van der Waals surface area contributed by atoms with E-state index in [9.17, 15) is 14.4 Å². The van der Waals surface area contributed by atoms with Crippen molar-refractivity contribution in [3.8, 4) is 0 Å². The molecule has 0 bridgehead atoms. The topological polar surface area (TPSA) is 117 Å². The summed E-state index contributed by atoms with van der Waals surface area (Å²) in [6.45, 7) is 3.88. The second kappa shape index (κ2) is 8.57. The Hall–Kier alpha value is -3.33. The van der Waals surface area contributed by atoms with Crippen molar-refractivity contribution in [1.29, 1.82) is 0 Å². The van der Waals surface area contributed by atoms with Gasteiger partial charge in [0.15, 0.2) is 22.4 Å². The van der Waals surface area contributed by atoms with Gasteiger partial charge in [0.2, 0.25) is 0 Å². The normalized spacial score (nSPS) is 10.7. The van der Waals surface area contributed by atoms with Crippen LogP contribution in [-0.4, -0.2) is 27.0 Å². The number of H-pyrrole nitrogens is 1. The molecule has 0 aliphatic rings. The van der Waals surface area contributed by atoms with E-state index in [0.717, 1.165) is 0 Å². The van der Waals surface area contributed by atoms with Crippen LogP contribution in [0.15, 0.2) is 63.1 Å². The lowest BCUT2D eigenvalue weighted by Gasteiger charge is -2.12. The van der Waals surface area contributed by atoms with Gasteiger partial charge in [-0.3, -0.25) is 19.4 Å². The number of nitrogens with zero attached hydrogens (tertiary/aromatic N) is 1. The van der Waals surface area contributed by atoms with E-state index in [1.807, 2.05) is 13.8 Å². The lowest BCUT2D eigenvalue weighted by Crippen LogP contribution is -2.25. The second-order valence-corrected chi connectivity index (χ2v) is 7.58. The molecule has 2 amide bonds. The number of amides is 2. The quantitative estimate of drug-likeness (QED) is 0.433. The molecule has 144 valence electrons. The minimum absolute atomic E-state index is 0.0560. The van der Waals surface area contributed by atoms with Crippen molar-refractivity contribution in [3.05, 3.63) is 70.4 Å². The number of nitrogens with one attached hydrogen (secondary N) is 3. The highest BCUT2D eigenvalue weighted by Crippen LogP contribution is 2.23. The Morgan fingerprint density at radius 2 is 1.82 bits per heavy atom. The maximum Gasteiger partial charge on any atom is 0.292 e. The minimum atomic E-state index is -0.584. The SMILES string of the molecule is CC(C)Sc1nc(NC(=O)c2ccco2)c(NC(=O)c2ccccc2)c(=O)[nH]1. The third kappa shape index (κ3) is 4.68. The summed E-state index contributed by atoms with van der Waals surface area (Å²) in [5, 5.41) is 5.54. The number of anilines is 2. The Morgan fingerprint density at radius 1 is 1.07 bits per heavy atom. The van der Waals surface area contributed by atoms with E-state index in [1.54, 1.807) is 36.4 Å². The highest BCUT2D eigenvalue weighted by molar-refractivity contribution is 7.99. The Labute approximate surface area is 164 Å². The van der Waals surface area contributed by atoms with Crippen LogP contribution >= 0.6 is 11.8 Å². The third-order valence-electron chi connectivity index (χ3n) is 3.50. The number of carbonyl (C=O) groups is 2. The fourth-order valence-electron chi connectivity index (χ4n) is 2.29. The van der Waals surface area contributed by atoms with Crippen LogP contribution in [0.4, 0.5) is 11.5 Å². The molecule has 3 N–H and O–H groups in total. The van der Waals surface area contributed by atoms with Crippen LogP contribution in [-0.2, 0) is 0 Å². The zero-order valence-electron chi connectivity index (χ0n) is 15.2. The van der Waals surface area contributed by atoms with E-state index in [0.29, 0.717) is 10.7 Å². The van der Waals surface area contributed by atoms with Gasteiger partial charge in [0.1, 0.15) is 0 Å². The first-order valence-corrected chi connectivity index (χ1v) is 9.34. The monoisotopic (exact) mass is 398 g/mol. The van der Waals surface area contributed by atoms with Crippen molar-refractivity contribution in [2.45, 2.75) is 24.3 Å². The number of aromatic nitrogens is 2. The van der Waals surface area contributed by atoms with Gasteiger partial charge in [-0.15, -0.1) is 0 Å². The van der Waals surface area contributed by atoms with Crippen LogP contribution in [0.5, 0.6) is 0 Å². The molecule has 3 aromatic rings. The number of carbonyl (C=O) groups excluding carboxylic acids is 2. The van der Waals surface area contributed by atoms with Gasteiger partial charge in [0.25, 0.3) is 17.4 Å². The predicted molar refractivity (Wildman–Crippen MR) is 107 cm³/mol. The molecule has 2 aromatic heterocycles. The van der Waals surface area contributed by atoms with Crippen molar-refractivity contribution < 1.29 is 14.0 Å². The number of thioether (sulfide) groups is 1. The molecule has 0 saturated heterocycles. The third-order valence-corrected chi connectivity index (χ3v) is 4.38. The van der Waals surface area contributed by atoms with Gasteiger partial charge in [-0.1, -0.05) is 43.8 Å². The summed E-state index contributed by atoms with van der Waals surface area (Å²) in [4.78, 5) is 44.3. The molecule has 0 fully saturated rings. The number of furan rings is 1. The second-order valence-electron chi connectivity index (χ2n) is 6.01. The summed E-state index contributed by atoms with van der Waals surface area (Å²) in [5.41, 5.74) is -0.357. The van der Waals surface area contributed by atoms with Gasteiger partial charge in [0.05, 0.1) is 6.26 Å². The summed E-state index contributed by atoms with van der Waals surface area (Å²) < 4.78 is 5.06. The zero-order valence-corrected chi connectivity index (χ0v) is 16.0. The van der Waals surface area contributed by atoms with Crippen LogP contribution in [0.1, 0.15) is 34.8 Å². The number of hydrogen-bond acceptors (Lipinski definition) is 6. The standard InChI is InChI=1S/C19H18N4O4S/c1-11(2)28-19-22-15(21-17(25)13-9-6-10-27-13)14(18(26)23-19)20-16(24)12-7-4-3-5-8-12/h3-11H,1-2H3,(H,20,24)(H2,21,22,23,25,26). The highest BCUT2D eigenvalue weighted by Gasteiger charge is 2.19. The van der Waals surface area contributed by atoms with Gasteiger partial charge >= 0.3 is 0 Å². The Balaban J connectivity index is 1.96. The van der Waals surface area contributed by atoms with E-state index in [-0.39, 0.29) is 22.5 Å². The smallest absolute Gasteiger partial charge is 0.292 e. The molecule has 0 saturated carbocycles. The summed E-state index contributed by atoms with van der Waals surface area (Å²) in [7, 11) is 0. The van der Waals surface area contributed by atoms with Gasteiger partial charge in [-0.25, -0.2) is 4.98 Å². The number of aromatic amines is 1. The Kier molecular flexibility index (Phi) is 5.95. The average molecular weight is 398 g/mol. The summed E-state index contributed by atoms with van der Waals surface area (Å²) in [5.74, 6) is -1.08. The molecule has 1 aromatic carbocycles. The Morgan fingerprint density at radius 3 is 2.46 bits per heavy atom. The number of rotatable bonds is 6. The predicted octanol–water partition coefficient (Wildman–Crippen LogP) is 3.37. The average Bonchev–Trinajstić information content (AvgIpc) is 3.19. The molecular weight excluding hydrogens is 380 g/mol. The van der Waals surface area contributed by atoms with E-state index < -0.39 is 17.4 Å². The van der Waals surface area contributed by atoms with E-state index >= 15 is 0 Å². The van der Waals surface area contributed by atoms with Crippen LogP contribution < -0.4 is 16.2 Å². The first kappa shape index (κ1) is 19.4. The van der Waals surface area contributed by atoms with Crippen molar-refractivity contribution >= 4 is 35.1 Å². The summed E-state index contributed by atoms with van der Waals surface area (Å²) in [6.07, 6.45) is 1.36. The molecule has 0 unspecified atom stereocenters. The fraction of sp³-hybridized carbons (Fsp3) is 0.158. The van der Waals surface area contributed by atoms with Crippen LogP contribution in [0.2, 0.25) is 0 Å². The zero-order chi connectivity index (χ0) is 20.1. The molecule has 0 radical (unpaired) electrons. The van der Waals surface area contributed by atoms with Crippen LogP contribution in [0, 0.1) is 0 Å². The molecule has 3 rings (SSSR count). The molecule has 2 heterocycles. The molecule has 0 spiro atoms. The van der Waals surface area contributed by atoms with Crippen molar-refractivity contribution in [2.75, 3.05) is 10.6 Å². The molecule has 9 heteroatoms. The van der Waals surface area contributed by atoms with Crippen LogP contribution in [0.25, 0.3) is 0 Å². The molecular formula is C19H18N4O4S. The lowest BCUT2D eigenvalue weighted by molar-refractivity contribution is 0.0992. The lowest BCUT2D eigenvalue weighted by atomic mass is 10.2. The molecule has 8 nitrogen and oxygen atoms in total. The van der Waals surface area contributed by atoms with Crippen molar-refractivity contribution in [2.24, 2.45) is 0 Å². The highest BCUT2D eigenvalue weighted by atomic mass is 32.2. The van der Waals surface area contributed by atoms with Crippen LogP contribution in [0.3, 0.4) is 0 Å².